The molecule has 1 heteroatoms. The number of benzene rings is 1. The van der Waals surface area contributed by atoms with E-state index < -0.39 is 0 Å². The summed E-state index contributed by atoms with van der Waals surface area (Å²) in [6, 6.07) is 10.1. The summed E-state index contributed by atoms with van der Waals surface area (Å²) in [5, 5.41) is 0. The van der Waals surface area contributed by atoms with E-state index in [4.69, 9.17) is 0 Å². The molecule has 0 heterocycles. The van der Waals surface area contributed by atoms with Gasteiger partial charge in [-0.15, -0.1) is 13.2 Å². The van der Waals surface area contributed by atoms with Crippen LogP contribution in [0.4, 0.5) is 0 Å². The summed E-state index contributed by atoms with van der Waals surface area (Å²) in [6.45, 7) is 13.2. The average molecular weight is 199 g/mol. The smallest absolute Gasteiger partial charge is 0.0372 e. The molecule has 1 nitrogen and oxygen atoms in total. The van der Waals surface area contributed by atoms with Gasteiger partial charge >= 0.3 is 0 Å². The van der Waals surface area contributed by atoms with Crippen LogP contribution in [0, 0.1) is 0 Å². The van der Waals surface area contributed by atoms with Crippen molar-refractivity contribution in [3.05, 3.63) is 67.8 Å². The van der Waals surface area contributed by atoms with Crippen molar-refractivity contribution in [2.24, 2.45) is 0 Å². The normalized spacial score (nSPS) is 9.33. The lowest BCUT2D eigenvalue weighted by molar-refractivity contribution is 0.488. The van der Waals surface area contributed by atoms with Crippen LogP contribution in [0.5, 0.6) is 0 Å². The molecule has 78 valence electrons. The lowest BCUT2D eigenvalue weighted by Gasteiger charge is -2.24. The quantitative estimate of drug-likeness (QED) is 0.635. The number of nitrogens with zero attached hydrogens (tertiary/aromatic N) is 1. The minimum atomic E-state index is 0.791. The van der Waals surface area contributed by atoms with Crippen molar-refractivity contribution < 1.29 is 0 Å². The molecule has 0 aliphatic heterocycles. The van der Waals surface area contributed by atoms with Crippen molar-refractivity contribution in [1.82, 2.24) is 4.90 Å². The van der Waals surface area contributed by atoms with Crippen molar-refractivity contribution in [2.45, 2.75) is 0 Å². The Morgan fingerprint density at radius 1 is 1.07 bits per heavy atom. The number of hydrogen-bond donors (Lipinski definition) is 0. The molecular weight excluding hydrogens is 182 g/mol. The van der Waals surface area contributed by atoms with Crippen LogP contribution in [0.25, 0.3) is 5.70 Å². The Labute approximate surface area is 92.0 Å². The minimum Gasteiger partial charge on any atom is -0.364 e. The fourth-order valence-electron chi connectivity index (χ4n) is 1.42. The van der Waals surface area contributed by atoms with Gasteiger partial charge in [-0.1, -0.05) is 49.1 Å². The molecule has 0 saturated heterocycles. The zero-order valence-electron chi connectivity index (χ0n) is 9.02. The van der Waals surface area contributed by atoms with Gasteiger partial charge in [0.05, 0.1) is 0 Å². The van der Waals surface area contributed by atoms with Crippen molar-refractivity contribution >= 4 is 5.70 Å². The Kier molecular flexibility index (Phi) is 4.42. The third-order valence-corrected chi connectivity index (χ3v) is 2.19. The van der Waals surface area contributed by atoms with E-state index in [1.54, 1.807) is 0 Å². The van der Waals surface area contributed by atoms with E-state index in [1.807, 2.05) is 30.4 Å². The van der Waals surface area contributed by atoms with Gasteiger partial charge in [0.25, 0.3) is 0 Å². The predicted molar refractivity (Wildman–Crippen MR) is 67.4 cm³/mol. The molecule has 0 aliphatic carbocycles. The molecule has 1 rings (SSSR count). The van der Waals surface area contributed by atoms with Crippen LogP contribution in [0.15, 0.2) is 62.2 Å². The highest BCUT2D eigenvalue weighted by Crippen LogP contribution is 2.16. The maximum absolute atomic E-state index is 4.09. The Morgan fingerprint density at radius 3 is 2.07 bits per heavy atom. The second-order valence-electron chi connectivity index (χ2n) is 3.30. The van der Waals surface area contributed by atoms with E-state index in [1.165, 1.54) is 0 Å². The van der Waals surface area contributed by atoms with Crippen molar-refractivity contribution in [3.63, 3.8) is 0 Å². The SMILES string of the molecule is C=CCN(CC=C)C(=C)c1ccccc1. The van der Waals surface area contributed by atoms with Crippen LogP contribution in [-0.4, -0.2) is 18.0 Å². The lowest BCUT2D eigenvalue weighted by Crippen LogP contribution is -2.21. The molecule has 0 radical (unpaired) electrons. The zero-order chi connectivity index (χ0) is 11.1. The first-order chi connectivity index (χ1) is 7.29. The van der Waals surface area contributed by atoms with E-state index in [0.29, 0.717) is 0 Å². The number of hydrogen-bond acceptors (Lipinski definition) is 1. The summed E-state index contributed by atoms with van der Waals surface area (Å²) in [6.07, 6.45) is 3.75. The van der Waals surface area contributed by atoms with Crippen LogP contribution in [0.1, 0.15) is 5.56 Å². The van der Waals surface area contributed by atoms with Gasteiger partial charge in [-0.05, 0) is 5.56 Å². The Balaban J connectivity index is 2.80. The highest BCUT2D eigenvalue weighted by molar-refractivity contribution is 5.61. The summed E-state index contributed by atoms with van der Waals surface area (Å²) in [7, 11) is 0. The summed E-state index contributed by atoms with van der Waals surface area (Å²) in [4.78, 5) is 2.13. The van der Waals surface area contributed by atoms with Gasteiger partial charge in [0.15, 0.2) is 0 Å². The first-order valence-corrected chi connectivity index (χ1v) is 5.00. The topological polar surface area (TPSA) is 3.24 Å². The Bertz CT molecular complexity index is 328. The molecule has 15 heavy (non-hydrogen) atoms. The fraction of sp³-hybridized carbons (Fsp3) is 0.143. The van der Waals surface area contributed by atoms with E-state index >= 15 is 0 Å². The molecule has 1 aromatic rings. The first-order valence-electron chi connectivity index (χ1n) is 5.00. The second-order valence-corrected chi connectivity index (χ2v) is 3.30. The summed E-state index contributed by atoms with van der Waals surface area (Å²) >= 11 is 0. The molecule has 0 unspecified atom stereocenters. The van der Waals surface area contributed by atoms with Crippen LogP contribution in [-0.2, 0) is 0 Å². The van der Waals surface area contributed by atoms with Gasteiger partial charge in [-0.25, -0.2) is 0 Å². The van der Waals surface area contributed by atoms with Gasteiger partial charge in [-0.3, -0.25) is 0 Å². The maximum atomic E-state index is 4.09. The van der Waals surface area contributed by atoms with Gasteiger partial charge < -0.3 is 4.90 Å². The van der Waals surface area contributed by atoms with Crippen molar-refractivity contribution in [2.75, 3.05) is 13.1 Å². The second kappa shape index (κ2) is 5.86. The van der Waals surface area contributed by atoms with E-state index in [-0.39, 0.29) is 0 Å². The van der Waals surface area contributed by atoms with Crippen LogP contribution in [0.3, 0.4) is 0 Å². The molecule has 0 amide bonds. The van der Waals surface area contributed by atoms with Gasteiger partial charge in [0.2, 0.25) is 0 Å². The van der Waals surface area contributed by atoms with Gasteiger partial charge in [0.1, 0.15) is 0 Å². The van der Waals surface area contributed by atoms with E-state index in [2.05, 4.69) is 36.8 Å². The third kappa shape index (κ3) is 3.13. The zero-order valence-corrected chi connectivity index (χ0v) is 9.02. The first kappa shape index (κ1) is 11.3. The summed E-state index contributed by atoms with van der Waals surface area (Å²) < 4.78 is 0. The third-order valence-electron chi connectivity index (χ3n) is 2.19. The van der Waals surface area contributed by atoms with Crippen LogP contribution < -0.4 is 0 Å². The van der Waals surface area contributed by atoms with Crippen molar-refractivity contribution in [3.8, 4) is 0 Å². The highest BCUT2D eigenvalue weighted by Gasteiger charge is 2.05. The molecule has 0 N–H and O–H groups in total. The van der Waals surface area contributed by atoms with Crippen LogP contribution in [0.2, 0.25) is 0 Å². The monoisotopic (exact) mass is 199 g/mol. The Morgan fingerprint density at radius 2 is 1.60 bits per heavy atom. The van der Waals surface area contributed by atoms with Crippen LogP contribution >= 0.6 is 0 Å². The van der Waals surface area contributed by atoms with Crippen molar-refractivity contribution in [1.29, 1.82) is 0 Å². The fourth-order valence-corrected chi connectivity index (χ4v) is 1.42. The van der Waals surface area contributed by atoms with E-state index in [0.717, 1.165) is 24.4 Å². The average Bonchev–Trinajstić information content (AvgIpc) is 2.29. The molecule has 0 saturated carbocycles. The summed E-state index contributed by atoms with van der Waals surface area (Å²) in [5.41, 5.74) is 2.15. The standard InChI is InChI=1S/C14H17N/c1-4-11-15(12-5-2)13(3)14-9-7-6-8-10-14/h4-10H,1-3,11-12H2. The lowest BCUT2D eigenvalue weighted by atomic mass is 10.1. The molecule has 0 aliphatic rings. The van der Waals surface area contributed by atoms with Gasteiger partial charge in [-0.2, -0.15) is 0 Å². The molecule has 0 bridgehead atoms. The van der Waals surface area contributed by atoms with Gasteiger partial charge in [0, 0.05) is 18.8 Å². The highest BCUT2D eigenvalue weighted by atomic mass is 15.1. The predicted octanol–water partition coefficient (Wildman–Crippen LogP) is 3.33. The largest absolute Gasteiger partial charge is 0.364 e. The molecule has 0 spiro atoms. The molecule has 0 atom stereocenters. The van der Waals surface area contributed by atoms with E-state index in [9.17, 15) is 0 Å². The number of rotatable bonds is 6. The molecular formula is C14H17N. The molecule has 0 aromatic heterocycles. The maximum Gasteiger partial charge on any atom is 0.0372 e. The summed E-state index contributed by atoms with van der Waals surface area (Å²) in [5.74, 6) is 0. The molecule has 1 aromatic carbocycles. The Hall–Kier alpha value is -1.76. The minimum absolute atomic E-state index is 0.791. The molecule has 0 fully saturated rings.